The minimum absolute atomic E-state index is 0.559. The lowest BCUT2D eigenvalue weighted by atomic mass is 9.86. The molecule has 2 aliphatic carbocycles. The zero-order valence-corrected chi connectivity index (χ0v) is 22.0. The van der Waals surface area contributed by atoms with E-state index < -0.39 is 0 Å². The largest absolute Gasteiger partial charge is 0.488 e. The van der Waals surface area contributed by atoms with E-state index in [0.29, 0.717) is 6.61 Å². The SMILES string of the molecule is CC[N+](CC)=c1ccc2cc3cccc(CC4=C5OC6=C(C=C5CCC4)COc4ccccc46)c3oc-2c1. The molecule has 0 saturated heterocycles. The number of allylic oxidation sites excluding steroid dienone is 2. The van der Waals surface area contributed by atoms with Crippen molar-refractivity contribution >= 4 is 16.7 Å². The molecule has 38 heavy (non-hydrogen) atoms. The van der Waals surface area contributed by atoms with E-state index in [1.165, 1.54) is 22.1 Å². The Morgan fingerprint density at radius 1 is 0.868 bits per heavy atom. The predicted octanol–water partition coefficient (Wildman–Crippen LogP) is 7.09. The number of hydrogen-bond acceptors (Lipinski definition) is 3. The fraction of sp³-hybridized carbons (Fsp3) is 0.265. The van der Waals surface area contributed by atoms with Gasteiger partial charge in [0.25, 0.3) is 0 Å². The first-order valence-corrected chi connectivity index (χ1v) is 13.8. The van der Waals surface area contributed by atoms with Gasteiger partial charge >= 0.3 is 0 Å². The van der Waals surface area contributed by atoms with Crippen molar-refractivity contribution in [3.8, 4) is 17.1 Å². The summed E-state index contributed by atoms with van der Waals surface area (Å²) in [5, 5.41) is 2.34. The monoisotopic (exact) mass is 502 g/mol. The van der Waals surface area contributed by atoms with Crippen LogP contribution in [0.5, 0.6) is 5.75 Å². The summed E-state index contributed by atoms with van der Waals surface area (Å²) in [5.41, 5.74) is 8.11. The van der Waals surface area contributed by atoms with Gasteiger partial charge in [0.2, 0.25) is 5.36 Å². The quantitative estimate of drug-likeness (QED) is 0.221. The van der Waals surface area contributed by atoms with Gasteiger partial charge in [-0.25, -0.2) is 4.58 Å². The molecule has 190 valence electrons. The Morgan fingerprint density at radius 2 is 1.76 bits per heavy atom. The number of rotatable bonds is 4. The summed E-state index contributed by atoms with van der Waals surface area (Å²) in [7, 11) is 0. The summed E-state index contributed by atoms with van der Waals surface area (Å²) in [5.74, 6) is 3.82. The molecule has 0 unspecified atom stereocenters. The van der Waals surface area contributed by atoms with Crippen LogP contribution in [0.3, 0.4) is 0 Å². The number of fused-ring (bicyclic) bond motifs is 5. The van der Waals surface area contributed by atoms with Crippen LogP contribution >= 0.6 is 0 Å². The van der Waals surface area contributed by atoms with Crippen molar-refractivity contribution < 1.29 is 13.9 Å². The first kappa shape index (κ1) is 23.1. The van der Waals surface area contributed by atoms with E-state index in [-0.39, 0.29) is 0 Å². The van der Waals surface area contributed by atoms with Gasteiger partial charge in [-0.1, -0.05) is 30.3 Å². The smallest absolute Gasteiger partial charge is 0.203 e. The van der Waals surface area contributed by atoms with Crippen molar-refractivity contribution in [3.63, 3.8) is 0 Å². The van der Waals surface area contributed by atoms with Crippen LogP contribution in [-0.4, -0.2) is 19.7 Å². The third kappa shape index (κ3) is 3.87. The number of benzene rings is 3. The van der Waals surface area contributed by atoms with Crippen LogP contribution in [0.4, 0.5) is 0 Å². The Kier molecular flexibility index (Phi) is 5.69. The van der Waals surface area contributed by atoms with E-state index in [2.05, 4.69) is 73.0 Å². The van der Waals surface area contributed by atoms with Crippen LogP contribution in [-0.2, 0) is 11.2 Å². The van der Waals surface area contributed by atoms with Crippen molar-refractivity contribution in [2.45, 2.75) is 39.5 Å². The van der Waals surface area contributed by atoms with Gasteiger partial charge in [-0.05, 0) is 80.2 Å². The molecule has 2 aromatic carbocycles. The second-order valence-corrected chi connectivity index (χ2v) is 10.4. The standard InChI is InChI=1S/C34H32NO3/c1-3-35(4-2)28-16-15-22-17-23-9-7-10-24(32(23)37-31(22)20-28)18-25-11-8-12-26-19-27-21-36-30-14-6-5-13-29(30)34(27)38-33(25)26/h5-7,9-10,13-17,19-20H,3-4,8,11-12,18,21H2,1-2H3/q+1. The minimum atomic E-state index is 0.559. The highest BCUT2D eigenvalue weighted by atomic mass is 16.5. The van der Waals surface area contributed by atoms with Crippen molar-refractivity contribution in [2.75, 3.05) is 19.7 Å². The summed E-state index contributed by atoms with van der Waals surface area (Å²) in [6, 6.07) is 23.5. The van der Waals surface area contributed by atoms with Crippen molar-refractivity contribution in [2.24, 2.45) is 0 Å². The molecular weight excluding hydrogens is 470 g/mol. The molecule has 0 bridgehead atoms. The predicted molar refractivity (Wildman–Crippen MR) is 152 cm³/mol. The van der Waals surface area contributed by atoms with Crippen molar-refractivity contribution in [1.82, 2.24) is 4.58 Å². The van der Waals surface area contributed by atoms with Crippen LogP contribution in [0.15, 0.2) is 99.7 Å². The maximum absolute atomic E-state index is 6.73. The second-order valence-electron chi connectivity index (χ2n) is 10.4. The van der Waals surface area contributed by atoms with E-state index in [1.807, 2.05) is 18.2 Å². The molecular formula is C34H32NO3+. The molecule has 7 rings (SSSR count). The topological polar surface area (TPSA) is 34.6 Å². The van der Waals surface area contributed by atoms with Crippen LogP contribution < -0.4 is 14.7 Å². The lowest BCUT2D eigenvalue weighted by Crippen LogP contribution is -2.29. The highest BCUT2D eigenvalue weighted by Crippen LogP contribution is 2.44. The average molecular weight is 503 g/mol. The van der Waals surface area contributed by atoms with Gasteiger partial charge in [-0.3, -0.25) is 0 Å². The third-order valence-corrected chi connectivity index (χ3v) is 8.08. The highest BCUT2D eigenvalue weighted by Gasteiger charge is 2.30. The minimum Gasteiger partial charge on any atom is -0.488 e. The van der Waals surface area contributed by atoms with Crippen LogP contribution in [0.2, 0.25) is 0 Å². The molecule has 3 aliphatic heterocycles. The van der Waals surface area contributed by atoms with E-state index in [9.17, 15) is 0 Å². The van der Waals surface area contributed by atoms with Crippen molar-refractivity contribution in [3.05, 3.63) is 112 Å². The van der Waals surface area contributed by atoms with Gasteiger partial charge in [0.1, 0.15) is 48.3 Å². The molecule has 0 atom stereocenters. The fourth-order valence-electron chi connectivity index (χ4n) is 6.11. The zero-order valence-electron chi connectivity index (χ0n) is 22.0. The van der Waals surface area contributed by atoms with E-state index in [0.717, 1.165) is 89.5 Å². The molecule has 3 heterocycles. The molecule has 0 radical (unpaired) electrons. The maximum Gasteiger partial charge on any atom is 0.203 e. The summed E-state index contributed by atoms with van der Waals surface area (Å²) < 4.78 is 21.7. The summed E-state index contributed by atoms with van der Waals surface area (Å²) >= 11 is 0. The third-order valence-electron chi connectivity index (χ3n) is 8.08. The second kappa shape index (κ2) is 9.36. The Labute approximate surface area is 223 Å². The van der Waals surface area contributed by atoms with Gasteiger partial charge in [0.05, 0.1) is 11.6 Å². The summed E-state index contributed by atoms with van der Waals surface area (Å²) in [4.78, 5) is 0. The van der Waals surface area contributed by atoms with E-state index in [1.54, 1.807) is 0 Å². The summed E-state index contributed by atoms with van der Waals surface area (Å²) in [6.45, 7) is 6.89. The average Bonchev–Trinajstić information content (AvgIpc) is 2.96. The first-order chi connectivity index (χ1) is 18.7. The first-order valence-electron chi connectivity index (χ1n) is 13.8. The Hall–Kier alpha value is -4.05. The van der Waals surface area contributed by atoms with Gasteiger partial charge < -0.3 is 13.9 Å². The molecule has 0 saturated carbocycles. The Morgan fingerprint density at radius 3 is 2.66 bits per heavy atom. The molecule has 0 fully saturated rings. The van der Waals surface area contributed by atoms with Crippen LogP contribution in [0.1, 0.15) is 44.2 Å². The molecule has 5 aliphatic rings. The maximum atomic E-state index is 6.73. The van der Waals surface area contributed by atoms with Crippen molar-refractivity contribution in [1.29, 1.82) is 0 Å². The zero-order chi connectivity index (χ0) is 25.6. The molecule has 4 heteroatoms. The molecule has 0 aromatic heterocycles. The fourth-order valence-corrected chi connectivity index (χ4v) is 6.11. The van der Waals surface area contributed by atoms with E-state index in [4.69, 9.17) is 13.9 Å². The van der Waals surface area contributed by atoms with E-state index >= 15 is 0 Å². The Bertz CT molecular complexity index is 1710. The number of ether oxygens (including phenoxy) is 2. The lowest BCUT2D eigenvalue weighted by Gasteiger charge is -2.32. The summed E-state index contributed by atoms with van der Waals surface area (Å²) in [6.07, 6.45) is 6.32. The molecule has 4 nitrogen and oxygen atoms in total. The lowest BCUT2D eigenvalue weighted by molar-refractivity contribution is 0.309. The van der Waals surface area contributed by atoms with Gasteiger partial charge in [0, 0.05) is 29.0 Å². The van der Waals surface area contributed by atoms with Gasteiger partial charge in [-0.15, -0.1) is 0 Å². The van der Waals surface area contributed by atoms with Gasteiger partial charge in [0.15, 0.2) is 0 Å². The molecule has 0 N–H and O–H groups in total. The Balaban J connectivity index is 1.31. The molecule has 0 amide bonds. The molecule has 0 spiro atoms. The van der Waals surface area contributed by atoms with Crippen LogP contribution in [0.25, 0.3) is 28.1 Å². The van der Waals surface area contributed by atoms with Gasteiger partial charge in [-0.2, -0.15) is 0 Å². The normalized spacial score (nSPS) is 16.4. The highest BCUT2D eigenvalue weighted by molar-refractivity contribution is 5.85. The number of para-hydroxylation sites is 2. The van der Waals surface area contributed by atoms with Crippen LogP contribution in [0, 0.1) is 0 Å². The number of nitrogens with zero attached hydrogens (tertiary/aromatic N) is 1. The molecule has 2 aromatic rings. The number of hydrogen-bond donors (Lipinski definition) is 0.